The van der Waals surface area contributed by atoms with Gasteiger partial charge in [0.2, 0.25) is 5.01 Å². The summed E-state index contributed by atoms with van der Waals surface area (Å²) in [6.07, 6.45) is 3.65. The first kappa shape index (κ1) is 21.6. The Hall–Kier alpha value is -2.62. The fourth-order valence-electron chi connectivity index (χ4n) is 3.34. The van der Waals surface area contributed by atoms with Gasteiger partial charge in [-0.2, -0.15) is 0 Å². The molecule has 10 heteroatoms. The second-order valence-corrected chi connectivity index (χ2v) is 9.25. The lowest BCUT2D eigenvalue weighted by atomic mass is 10.2. The second kappa shape index (κ2) is 9.67. The quantitative estimate of drug-likeness (QED) is 0.475. The first-order valence-electron chi connectivity index (χ1n) is 9.65. The Morgan fingerprint density at radius 3 is 2.71 bits per heavy atom. The van der Waals surface area contributed by atoms with Crippen molar-refractivity contribution in [2.75, 3.05) is 23.4 Å². The molecule has 0 aliphatic carbocycles. The molecule has 1 atom stereocenters. The maximum Gasteiger partial charge on any atom is 0.322 e. The summed E-state index contributed by atoms with van der Waals surface area (Å²) in [6, 6.07) is 14.2. The average Bonchev–Trinajstić information content (AvgIpc) is 3.45. The van der Waals surface area contributed by atoms with Crippen LogP contribution in [-0.2, 0) is 0 Å². The molecule has 1 aromatic heterocycles. The maximum atomic E-state index is 12.9. The van der Waals surface area contributed by atoms with Gasteiger partial charge in [0.1, 0.15) is 5.01 Å². The normalized spacial score (nSPS) is 15.7. The molecule has 2 heterocycles. The summed E-state index contributed by atoms with van der Waals surface area (Å²) in [5.74, 6) is -0.339. The number of halogens is 1. The molecule has 4 rings (SSSR count). The summed E-state index contributed by atoms with van der Waals surface area (Å²) in [5.41, 5.74) is 1.38. The summed E-state index contributed by atoms with van der Waals surface area (Å²) in [4.78, 5) is 28.2. The van der Waals surface area contributed by atoms with Crippen molar-refractivity contribution in [1.29, 1.82) is 0 Å². The molecule has 1 fully saturated rings. The minimum atomic E-state index is -0.339. The highest BCUT2D eigenvalue weighted by Gasteiger charge is 2.33. The summed E-state index contributed by atoms with van der Waals surface area (Å²) < 4.78 is 0. The third kappa shape index (κ3) is 5.17. The van der Waals surface area contributed by atoms with Crippen LogP contribution in [-0.4, -0.2) is 39.8 Å². The van der Waals surface area contributed by atoms with Crippen LogP contribution in [0.2, 0.25) is 5.02 Å². The van der Waals surface area contributed by atoms with E-state index >= 15 is 0 Å². The van der Waals surface area contributed by atoms with Crippen LogP contribution in [0.15, 0.2) is 53.4 Å². The number of nitrogens with zero attached hydrogens (tertiary/aromatic N) is 3. The lowest BCUT2D eigenvalue weighted by molar-refractivity contribution is 0.102. The first-order chi connectivity index (χ1) is 15.0. The van der Waals surface area contributed by atoms with Gasteiger partial charge >= 0.3 is 6.03 Å². The molecule has 31 heavy (non-hydrogen) atoms. The topological polar surface area (TPSA) is 87.2 Å². The molecule has 7 nitrogen and oxygen atoms in total. The second-order valence-electron chi connectivity index (χ2n) is 6.92. The van der Waals surface area contributed by atoms with Gasteiger partial charge in [-0.1, -0.05) is 29.0 Å². The van der Waals surface area contributed by atoms with Crippen molar-refractivity contribution >= 4 is 58.0 Å². The lowest BCUT2D eigenvalue weighted by Crippen LogP contribution is -2.34. The number of urea groups is 1. The van der Waals surface area contributed by atoms with Crippen molar-refractivity contribution in [2.45, 2.75) is 23.8 Å². The molecule has 1 unspecified atom stereocenters. The number of hydrogen-bond donors (Lipinski definition) is 2. The minimum Gasteiger partial charge on any atom is -0.320 e. The number of hydrogen-bond acceptors (Lipinski definition) is 6. The highest BCUT2D eigenvalue weighted by atomic mass is 35.5. The third-order valence-electron chi connectivity index (χ3n) is 4.86. The number of aromatic nitrogens is 2. The number of carbonyl (C=O) groups excluding carboxylic acids is 2. The van der Waals surface area contributed by atoms with E-state index in [4.69, 9.17) is 11.6 Å². The predicted molar refractivity (Wildman–Crippen MR) is 125 cm³/mol. The summed E-state index contributed by atoms with van der Waals surface area (Å²) in [6.45, 7) is 0.630. The number of likely N-dealkylation sites (tertiary alicyclic amines) is 1. The third-order valence-corrected chi connectivity index (χ3v) is 6.86. The Kier molecular flexibility index (Phi) is 6.74. The van der Waals surface area contributed by atoms with E-state index in [1.807, 2.05) is 30.5 Å². The van der Waals surface area contributed by atoms with Crippen LogP contribution in [0.1, 0.15) is 33.7 Å². The molecule has 1 aliphatic heterocycles. The van der Waals surface area contributed by atoms with Crippen molar-refractivity contribution < 1.29 is 9.59 Å². The Labute approximate surface area is 193 Å². The molecule has 3 aromatic rings. The van der Waals surface area contributed by atoms with Crippen LogP contribution in [0.3, 0.4) is 0 Å². The Morgan fingerprint density at radius 1 is 1.13 bits per heavy atom. The van der Waals surface area contributed by atoms with Crippen LogP contribution >= 0.6 is 34.7 Å². The van der Waals surface area contributed by atoms with Gasteiger partial charge in [0.05, 0.1) is 6.04 Å². The van der Waals surface area contributed by atoms with Gasteiger partial charge in [-0.05, 0) is 61.6 Å². The number of rotatable bonds is 5. The van der Waals surface area contributed by atoms with Crippen molar-refractivity contribution in [3.05, 3.63) is 63.6 Å². The minimum absolute atomic E-state index is 0.178. The van der Waals surface area contributed by atoms with E-state index in [1.165, 1.54) is 11.3 Å². The molecule has 1 aliphatic rings. The molecular weight excluding hydrogens is 454 g/mol. The van der Waals surface area contributed by atoms with Crippen LogP contribution in [0.5, 0.6) is 0 Å². The van der Waals surface area contributed by atoms with Gasteiger partial charge in [-0.25, -0.2) is 4.79 Å². The van der Waals surface area contributed by atoms with Gasteiger partial charge in [-0.3, -0.25) is 4.79 Å². The SMILES string of the molecule is CSc1cccc(NC(=O)N2CCCC2c2nnc(C(=O)Nc3ccc(Cl)cc3)s2)c1. The van der Waals surface area contributed by atoms with E-state index in [1.54, 1.807) is 40.9 Å². The van der Waals surface area contributed by atoms with Crippen LogP contribution in [0, 0.1) is 0 Å². The molecule has 1 saturated heterocycles. The zero-order valence-corrected chi connectivity index (χ0v) is 19.1. The number of nitrogens with one attached hydrogen (secondary N) is 2. The van der Waals surface area contributed by atoms with Crippen molar-refractivity contribution in [1.82, 2.24) is 15.1 Å². The van der Waals surface area contributed by atoms with Crippen LogP contribution < -0.4 is 10.6 Å². The largest absolute Gasteiger partial charge is 0.322 e. The Morgan fingerprint density at radius 2 is 1.94 bits per heavy atom. The van der Waals surface area contributed by atoms with Crippen LogP contribution in [0.25, 0.3) is 0 Å². The summed E-state index contributed by atoms with van der Waals surface area (Å²) >= 11 is 8.70. The number of benzene rings is 2. The van der Waals surface area contributed by atoms with Crippen molar-refractivity contribution in [2.24, 2.45) is 0 Å². The van der Waals surface area contributed by atoms with Gasteiger partial charge in [0.25, 0.3) is 5.91 Å². The number of anilines is 2. The fourth-order valence-corrected chi connectivity index (χ4v) is 4.81. The van der Waals surface area contributed by atoms with E-state index in [2.05, 4.69) is 20.8 Å². The number of carbonyl (C=O) groups is 2. The summed E-state index contributed by atoms with van der Waals surface area (Å²) in [5, 5.41) is 15.5. The Bertz CT molecular complexity index is 1090. The molecule has 3 amide bonds. The van der Waals surface area contributed by atoms with Gasteiger partial charge in [0, 0.05) is 27.8 Å². The standard InChI is InChI=1S/C21H20ClN5O2S2/c1-30-16-5-2-4-15(12-16)24-21(29)27-11-3-6-17(27)19-25-26-20(31-19)18(28)23-14-9-7-13(22)8-10-14/h2,4-5,7-10,12,17H,3,6,11H2,1H3,(H,23,28)(H,24,29). The predicted octanol–water partition coefficient (Wildman–Crippen LogP) is 5.53. The van der Waals surface area contributed by atoms with Gasteiger partial charge in [0.15, 0.2) is 0 Å². The zero-order chi connectivity index (χ0) is 21.8. The molecule has 0 radical (unpaired) electrons. The monoisotopic (exact) mass is 473 g/mol. The highest BCUT2D eigenvalue weighted by molar-refractivity contribution is 7.98. The first-order valence-corrected chi connectivity index (χ1v) is 12.1. The van der Waals surface area contributed by atoms with E-state index in [-0.39, 0.29) is 23.0 Å². The van der Waals surface area contributed by atoms with Crippen molar-refractivity contribution in [3.63, 3.8) is 0 Å². The Balaban J connectivity index is 1.43. The van der Waals surface area contributed by atoms with Gasteiger partial charge < -0.3 is 15.5 Å². The van der Waals surface area contributed by atoms with E-state index in [9.17, 15) is 9.59 Å². The molecule has 0 spiro atoms. The van der Waals surface area contributed by atoms with Crippen molar-refractivity contribution in [3.8, 4) is 0 Å². The molecule has 0 bridgehead atoms. The van der Waals surface area contributed by atoms with Crippen LogP contribution in [0.4, 0.5) is 16.2 Å². The van der Waals surface area contributed by atoms with E-state index in [0.29, 0.717) is 22.3 Å². The highest BCUT2D eigenvalue weighted by Crippen LogP contribution is 2.34. The molecule has 2 N–H and O–H groups in total. The molecular formula is C21H20ClN5O2S2. The van der Waals surface area contributed by atoms with E-state index < -0.39 is 0 Å². The smallest absolute Gasteiger partial charge is 0.320 e. The molecule has 2 aromatic carbocycles. The molecule has 0 saturated carbocycles. The number of amides is 3. The maximum absolute atomic E-state index is 12.9. The van der Waals surface area contributed by atoms with Gasteiger partial charge in [-0.15, -0.1) is 22.0 Å². The average molecular weight is 474 g/mol. The number of thioether (sulfide) groups is 1. The fraction of sp³-hybridized carbons (Fsp3) is 0.238. The van der Waals surface area contributed by atoms with E-state index in [0.717, 1.165) is 23.4 Å². The lowest BCUT2D eigenvalue weighted by Gasteiger charge is -2.23. The summed E-state index contributed by atoms with van der Waals surface area (Å²) in [7, 11) is 0. The zero-order valence-electron chi connectivity index (χ0n) is 16.7. The molecule has 160 valence electrons.